The van der Waals surface area contributed by atoms with Gasteiger partial charge in [0.25, 0.3) is 0 Å². The first-order valence-corrected chi connectivity index (χ1v) is 5.25. The minimum Gasteiger partial charge on any atom is -0.370 e. The molecule has 1 heterocycles. The number of nitrogens with two attached hydrogens (primary N) is 2. The van der Waals surface area contributed by atoms with E-state index in [0.29, 0.717) is 19.4 Å². The van der Waals surface area contributed by atoms with E-state index in [-0.39, 0.29) is 17.4 Å². The molecule has 0 bridgehead atoms. The number of guanidine groups is 1. The summed E-state index contributed by atoms with van der Waals surface area (Å²) >= 11 is 0. The summed E-state index contributed by atoms with van der Waals surface area (Å²) in [6, 6.07) is -0.597. The lowest BCUT2D eigenvalue weighted by molar-refractivity contribution is 0.0951. The molecule has 0 aromatic carbocycles. The number of ketones is 1. The standard InChI is InChI=1S/C10H16N6O/c11-7(2-1-3-16-10(12)13)9(17)8-6-14-4-5-15-8/h4-7H,1-3,11H2,(H4,12,13,16). The maximum absolute atomic E-state index is 11.8. The largest absolute Gasteiger partial charge is 0.370 e. The molecule has 1 atom stereocenters. The fourth-order valence-corrected chi connectivity index (χ4v) is 1.29. The molecule has 0 saturated heterocycles. The Balaban J connectivity index is 2.35. The van der Waals surface area contributed by atoms with Crippen LogP contribution < -0.4 is 16.8 Å². The Hall–Kier alpha value is -2.02. The van der Waals surface area contributed by atoms with Gasteiger partial charge in [-0.05, 0) is 12.8 Å². The van der Waals surface area contributed by atoms with E-state index in [0.717, 1.165) is 0 Å². The molecule has 0 aliphatic carbocycles. The lowest BCUT2D eigenvalue weighted by Crippen LogP contribution is -2.34. The predicted molar refractivity (Wildman–Crippen MR) is 63.5 cm³/mol. The third kappa shape index (κ3) is 4.56. The first-order valence-electron chi connectivity index (χ1n) is 5.25. The van der Waals surface area contributed by atoms with Crippen molar-refractivity contribution in [2.75, 3.05) is 6.54 Å². The van der Waals surface area contributed by atoms with Crippen LogP contribution in [0.1, 0.15) is 23.3 Å². The van der Waals surface area contributed by atoms with E-state index in [4.69, 9.17) is 16.9 Å². The maximum atomic E-state index is 11.8. The van der Waals surface area contributed by atoms with Gasteiger partial charge < -0.3 is 16.8 Å². The Labute approximate surface area is 99.1 Å². The number of nitrogens with zero attached hydrogens (tertiary/aromatic N) is 2. The Bertz CT molecular complexity index is 380. The SMILES string of the molecule is N=C(N)NCCCC(N)C(=O)c1cnccn1. The first-order chi connectivity index (χ1) is 8.11. The zero-order valence-corrected chi connectivity index (χ0v) is 9.39. The van der Waals surface area contributed by atoms with E-state index in [1.807, 2.05) is 0 Å². The predicted octanol–water partition coefficient (Wildman–Crippen LogP) is -0.750. The van der Waals surface area contributed by atoms with Crippen LogP contribution in [0.25, 0.3) is 0 Å². The second-order valence-corrected chi connectivity index (χ2v) is 3.54. The Morgan fingerprint density at radius 1 is 1.53 bits per heavy atom. The molecule has 0 radical (unpaired) electrons. The Morgan fingerprint density at radius 2 is 2.29 bits per heavy atom. The summed E-state index contributed by atoms with van der Waals surface area (Å²) in [5.74, 6) is -0.306. The molecule has 6 N–H and O–H groups in total. The van der Waals surface area contributed by atoms with Gasteiger partial charge in [0.05, 0.1) is 12.2 Å². The third-order valence-corrected chi connectivity index (χ3v) is 2.16. The van der Waals surface area contributed by atoms with Crippen LogP contribution >= 0.6 is 0 Å². The number of aromatic nitrogens is 2. The lowest BCUT2D eigenvalue weighted by Gasteiger charge is -2.09. The second-order valence-electron chi connectivity index (χ2n) is 3.54. The summed E-state index contributed by atoms with van der Waals surface area (Å²) < 4.78 is 0. The van der Waals surface area contributed by atoms with Crippen molar-refractivity contribution in [3.8, 4) is 0 Å². The van der Waals surface area contributed by atoms with Crippen molar-refractivity contribution in [2.45, 2.75) is 18.9 Å². The van der Waals surface area contributed by atoms with Crippen molar-refractivity contribution < 1.29 is 4.79 Å². The fourth-order valence-electron chi connectivity index (χ4n) is 1.29. The van der Waals surface area contributed by atoms with Gasteiger partial charge in [-0.25, -0.2) is 4.98 Å². The second kappa shape index (κ2) is 6.54. The number of nitrogens with one attached hydrogen (secondary N) is 2. The summed E-state index contributed by atoms with van der Waals surface area (Å²) in [6.45, 7) is 0.525. The number of hydrogen-bond acceptors (Lipinski definition) is 5. The van der Waals surface area contributed by atoms with Crippen LogP contribution in [0.4, 0.5) is 0 Å². The zero-order chi connectivity index (χ0) is 12.7. The highest BCUT2D eigenvalue weighted by Gasteiger charge is 2.16. The molecule has 0 amide bonds. The maximum Gasteiger partial charge on any atom is 0.199 e. The van der Waals surface area contributed by atoms with Gasteiger partial charge in [0.2, 0.25) is 0 Å². The Morgan fingerprint density at radius 3 is 2.88 bits per heavy atom. The summed E-state index contributed by atoms with van der Waals surface area (Å²) in [7, 11) is 0. The van der Waals surface area contributed by atoms with E-state index >= 15 is 0 Å². The molecule has 1 unspecified atom stereocenters. The molecule has 7 nitrogen and oxygen atoms in total. The van der Waals surface area contributed by atoms with Crippen molar-refractivity contribution >= 4 is 11.7 Å². The molecule has 92 valence electrons. The van der Waals surface area contributed by atoms with Crippen LogP contribution in [0.2, 0.25) is 0 Å². The quantitative estimate of drug-likeness (QED) is 0.222. The van der Waals surface area contributed by atoms with E-state index in [1.165, 1.54) is 18.6 Å². The van der Waals surface area contributed by atoms with Gasteiger partial charge in [-0.3, -0.25) is 15.2 Å². The highest BCUT2D eigenvalue weighted by atomic mass is 16.1. The van der Waals surface area contributed by atoms with Gasteiger partial charge in [0, 0.05) is 18.9 Å². The number of Topliss-reactive ketones (excluding diaryl/α,β-unsaturated/α-hetero) is 1. The molecule has 17 heavy (non-hydrogen) atoms. The van der Waals surface area contributed by atoms with E-state index < -0.39 is 6.04 Å². The fraction of sp³-hybridized carbons (Fsp3) is 0.400. The lowest BCUT2D eigenvalue weighted by atomic mass is 10.1. The third-order valence-electron chi connectivity index (χ3n) is 2.16. The normalized spacial score (nSPS) is 11.8. The summed E-state index contributed by atoms with van der Waals surface area (Å²) in [4.78, 5) is 19.5. The Kier molecular flexibility index (Phi) is 5.02. The number of hydrogen-bond donors (Lipinski definition) is 4. The average molecular weight is 236 g/mol. The minimum absolute atomic E-state index is 0.0844. The van der Waals surface area contributed by atoms with Gasteiger partial charge >= 0.3 is 0 Å². The van der Waals surface area contributed by atoms with Crippen LogP contribution in [0.5, 0.6) is 0 Å². The number of carbonyl (C=O) groups is 1. The summed E-state index contributed by atoms with van der Waals surface area (Å²) in [6.07, 6.45) is 5.52. The highest BCUT2D eigenvalue weighted by Crippen LogP contribution is 2.01. The number of rotatable bonds is 6. The average Bonchev–Trinajstić information content (AvgIpc) is 2.34. The summed E-state index contributed by atoms with van der Waals surface area (Å²) in [5.41, 5.74) is 11.1. The van der Waals surface area contributed by atoms with Crippen LogP contribution in [0.3, 0.4) is 0 Å². The molecule has 1 rings (SSSR count). The van der Waals surface area contributed by atoms with Crippen LogP contribution in [0.15, 0.2) is 18.6 Å². The molecule has 0 aliphatic heterocycles. The smallest absolute Gasteiger partial charge is 0.199 e. The van der Waals surface area contributed by atoms with E-state index in [9.17, 15) is 4.79 Å². The molecule has 1 aromatic rings. The summed E-state index contributed by atoms with van der Waals surface area (Å²) in [5, 5.41) is 9.60. The molecule has 0 aliphatic rings. The van der Waals surface area contributed by atoms with Gasteiger partial charge in [0.1, 0.15) is 5.69 Å². The minimum atomic E-state index is -0.597. The molecule has 7 heteroatoms. The van der Waals surface area contributed by atoms with Crippen LogP contribution in [-0.2, 0) is 0 Å². The van der Waals surface area contributed by atoms with Crippen molar-refractivity contribution in [1.29, 1.82) is 5.41 Å². The van der Waals surface area contributed by atoms with Crippen molar-refractivity contribution in [3.05, 3.63) is 24.3 Å². The topological polar surface area (TPSA) is 131 Å². The van der Waals surface area contributed by atoms with Crippen molar-refractivity contribution in [2.24, 2.45) is 11.5 Å². The molecule has 0 saturated carbocycles. The van der Waals surface area contributed by atoms with Crippen LogP contribution in [-0.4, -0.2) is 34.3 Å². The van der Waals surface area contributed by atoms with Crippen molar-refractivity contribution in [1.82, 2.24) is 15.3 Å². The van der Waals surface area contributed by atoms with Gasteiger partial charge in [0.15, 0.2) is 11.7 Å². The molecule has 0 spiro atoms. The molecule has 0 fully saturated rings. The van der Waals surface area contributed by atoms with Gasteiger partial charge in [-0.15, -0.1) is 0 Å². The number of carbonyl (C=O) groups excluding carboxylic acids is 1. The van der Waals surface area contributed by atoms with E-state index in [2.05, 4.69) is 15.3 Å². The van der Waals surface area contributed by atoms with Crippen molar-refractivity contribution in [3.63, 3.8) is 0 Å². The first kappa shape index (κ1) is 13.0. The molecular formula is C10H16N6O. The van der Waals surface area contributed by atoms with Crippen LogP contribution in [0, 0.1) is 5.41 Å². The monoisotopic (exact) mass is 236 g/mol. The van der Waals surface area contributed by atoms with Gasteiger partial charge in [-0.1, -0.05) is 0 Å². The highest BCUT2D eigenvalue weighted by molar-refractivity contribution is 5.97. The zero-order valence-electron chi connectivity index (χ0n) is 9.39. The molecular weight excluding hydrogens is 220 g/mol. The van der Waals surface area contributed by atoms with Gasteiger partial charge in [-0.2, -0.15) is 0 Å². The molecule has 1 aromatic heterocycles. The van der Waals surface area contributed by atoms with E-state index in [1.54, 1.807) is 0 Å².